The zero-order chi connectivity index (χ0) is 12.5. The minimum absolute atomic E-state index is 0.222. The van der Waals surface area contributed by atoms with Crippen LogP contribution in [0.1, 0.15) is 12.8 Å². The summed E-state index contributed by atoms with van der Waals surface area (Å²) < 4.78 is 19.7. The normalized spacial score (nSPS) is 16.4. The van der Waals surface area contributed by atoms with Crippen LogP contribution in [-0.2, 0) is 6.42 Å². The maximum atomic E-state index is 14.1. The largest absolute Gasteiger partial charge is 0.441 e. The van der Waals surface area contributed by atoms with E-state index in [4.69, 9.17) is 4.42 Å². The summed E-state index contributed by atoms with van der Waals surface area (Å²) in [4.78, 5) is 6.28. The lowest BCUT2D eigenvalue weighted by atomic mass is 10.2. The summed E-state index contributed by atoms with van der Waals surface area (Å²) in [5.74, 6) is 0.433. The number of nitrogens with zero attached hydrogens (tertiary/aromatic N) is 2. The van der Waals surface area contributed by atoms with Gasteiger partial charge in [-0.05, 0) is 0 Å². The summed E-state index contributed by atoms with van der Waals surface area (Å²) in [7, 11) is 0. The third-order valence-electron chi connectivity index (χ3n) is 3.26. The molecule has 0 atom stereocenters. The summed E-state index contributed by atoms with van der Waals surface area (Å²) in [6.07, 6.45) is 0.721. The number of anilines is 1. The van der Waals surface area contributed by atoms with Gasteiger partial charge in [0.05, 0.1) is 5.69 Å². The minimum atomic E-state index is -0.222. The number of benzene rings is 1. The number of nitrogens with one attached hydrogen (secondary N) is 1. The smallest absolute Gasteiger partial charge is 0.195 e. The quantitative estimate of drug-likeness (QED) is 0.883. The first-order chi connectivity index (χ1) is 8.78. The van der Waals surface area contributed by atoms with E-state index in [0.29, 0.717) is 22.7 Å². The molecule has 1 aromatic heterocycles. The highest BCUT2D eigenvalue weighted by molar-refractivity contribution is 5.78. The molecule has 1 aromatic carbocycles. The van der Waals surface area contributed by atoms with Gasteiger partial charge < -0.3 is 14.6 Å². The zero-order valence-electron chi connectivity index (χ0n) is 10.4. The lowest BCUT2D eigenvalue weighted by Crippen LogP contribution is -2.43. The van der Waals surface area contributed by atoms with Gasteiger partial charge in [-0.1, -0.05) is 6.92 Å². The maximum absolute atomic E-state index is 14.1. The zero-order valence-corrected chi connectivity index (χ0v) is 10.4. The monoisotopic (exact) mass is 249 g/mol. The number of hydrogen-bond acceptors (Lipinski definition) is 4. The van der Waals surface area contributed by atoms with Crippen molar-refractivity contribution >= 4 is 16.8 Å². The first-order valence-corrected chi connectivity index (χ1v) is 6.32. The van der Waals surface area contributed by atoms with Crippen LogP contribution in [0.15, 0.2) is 16.5 Å². The number of aromatic nitrogens is 1. The molecule has 1 aliphatic heterocycles. The Labute approximate surface area is 105 Å². The second-order valence-electron chi connectivity index (χ2n) is 4.47. The molecule has 0 aliphatic carbocycles. The van der Waals surface area contributed by atoms with Gasteiger partial charge >= 0.3 is 0 Å². The Morgan fingerprint density at radius 3 is 2.89 bits per heavy atom. The third kappa shape index (κ3) is 1.95. The molecule has 1 N–H and O–H groups in total. The van der Waals surface area contributed by atoms with Crippen molar-refractivity contribution in [2.75, 3.05) is 31.1 Å². The van der Waals surface area contributed by atoms with Crippen molar-refractivity contribution in [1.82, 2.24) is 10.3 Å². The Morgan fingerprint density at radius 2 is 2.17 bits per heavy atom. The van der Waals surface area contributed by atoms with E-state index >= 15 is 0 Å². The van der Waals surface area contributed by atoms with E-state index in [1.54, 1.807) is 6.07 Å². The van der Waals surface area contributed by atoms with E-state index in [1.165, 1.54) is 6.07 Å². The molecular weight excluding hydrogens is 233 g/mol. The Kier molecular flexibility index (Phi) is 2.91. The van der Waals surface area contributed by atoms with E-state index in [0.717, 1.165) is 32.6 Å². The highest BCUT2D eigenvalue weighted by Gasteiger charge is 2.17. The molecule has 5 heteroatoms. The Morgan fingerprint density at radius 1 is 1.39 bits per heavy atom. The molecule has 0 saturated carbocycles. The molecule has 0 bridgehead atoms. The Balaban J connectivity index is 2.02. The van der Waals surface area contributed by atoms with E-state index in [9.17, 15) is 4.39 Å². The van der Waals surface area contributed by atoms with Crippen LogP contribution in [0.3, 0.4) is 0 Å². The SMILES string of the molecule is CCc1nc2cc(F)c(N3CCNCC3)cc2o1. The fraction of sp³-hybridized carbons (Fsp3) is 0.462. The molecule has 2 heterocycles. The van der Waals surface area contributed by atoms with Gasteiger partial charge in [0.2, 0.25) is 0 Å². The second kappa shape index (κ2) is 4.57. The summed E-state index contributed by atoms with van der Waals surface area (Å²) in [5.41, 5.74) is 1.88. The van der Waals surface area contributed by atoms with Crippen LogP contribution in [0.5, 0.6) is 0 Å². The summed E-state index contributed by atoms with van der Waals surface area (Å²) in [6, 6.07) is 3.23. The van der Waals surface area contributed by atoms with E-state index in [1.807, 2.05) is 11.8 Å². The minimum Gasteiger partial charge on any atom is -0.441 e. The van der Waals surface area contributed by atoms with Crippen molar-refractivity contribution in [3.63, 3.8) is 0 Å². The topological polar surface area (TPSA) is 41.3 Å². The molecule has 2 aromatic rings. The van der Waals surface area contributed by atoms with Crippen LogP contribution in [0.4, 0.5) is 10.1 Å². The van der Waals surface area contributed by atoms with Crippen molar-refractivity contribution < 1.29 is 8.81 Å². The molecule has 4 nitrogen and oxygen atoms in total. The number of halogens is 1. The fourth-order valence-corrected chi connectivity index (χ4v) is 2.28. The van der Waals surface area contributed by atoms with Gasteiger partial charge in [-0.25, -0.2) is 9.37 Å². The highest BCUT2D eigenvalue weighted by atomic mass is 19.1. The summed E-state index contributed by atoms with van der Waals surface area (Å²) >= 11 is 0. The number of hydrogen-bond donors (Lipinski definition) is 1. The van der Waals surface area contributed by atoms with Crippen LogP contribution < -0.4 is 10.2 Å². The van der Waals surface area contributed by atoms with Crippen LogP contribution >= 0.6 is 0 Å². The predicted octanol–water partition coefficient (Wildman–Crippen LogP) is 1.94. The van der Waals surface area contributed by atoms with Gasteiger partial charge in [0, 0.05) is 44.7 Å². The highest BCUT2D eigenvalue weighted by Crippen LogP contribution is 2.26. The van der Waals surface area contributed by atoms with E-state index in [2.05, 4.69) is 10.3 Å². The molecule has 96 valence electrons. The number of fused-ring (bicyclic) bond motifs is 1. The molecule has 18 heavy (non-hydrogen) atoms. The average Bonchev–Trinajstić information content (AvgIpc) is 2.80. The van der Waals surface area contributed by atoms with Gasteiger partial charge in [-0.15, -0.1) is 0 Å². The predicted molar refractivity (Wildman–Crippen MR) is 68.4 cm³/mol. The number of aryl methyl sites for hydroxylation is 1. The van der Waals surface area contributed by atoms with Crippen molar-refractivity contribution in [2.24, 2.45) is 0 Å². The van der Waals surface area contributed by atoms with Gasteiger partial charge in [-0.2, -0.15) is 0 Å². The van der Waals surface area contributed by atoms with Crippen LogP contribution in [0.25, 0.3) is 11.1 Å². The first-order valence-electron chi connectivity index (χ1n) is 6.32. The third-order valence-corrected chi connectivity index (χ3v) is 3.26. The molecule has 1 aliphatic rings. The summed E-state index contributed by atoms with van der Waals surface area (Å²) in [5, 5.41) is 3.25. The summed E-state index contributed by atoms with van der Waals surface area (Å²) in [6.45, 7) is 5.37. The van der Waals surface area contributed by atoms with Crippen LogP contribution in [0, 0.1) is 5.82 Å². The second-order valence-corrected chi connectivity index (χ2v) is 4.47. The van der Waals surface area contributed by atoms with Crippen LogP contribution in [-0.4, -0.2) is 31.2 Å². The molecule has 0 amide bonds. The van der Waals surface area contributed by atoms with Gasteiger partial charge in [-0.3, -0.25) is 0 Å². The van der Waals surface area contributed by atoms with E-state index < -0.39 is 0 Å². The van der Waals surface area contributed by atoms with E-state index in [-0.39, 0.29) is 5.82 Å². The van der Waals surface area contributed by atoms with Gasteiger partial charge in [0.25, 0.3) is 0 Å². The molecular formula is C13H16FN3O. The Bertz CT molecular complexity index is 561. The lowest BCUT2D eigenvalue weighted by Gasteiger charge is -2.29. The van der Waals surface area contributed by atoms with Crippen molar-refractivity contribution in [3.8, 4) is 0 Å². The molecule has 0 radical (unpaired) electrons. The average molecular weight is 249 g/mol. The van der Waals surface area contributed by atoms with Gasteiger partial charge in [0.15, 0.2) is 11.5 Å². The molecule has 0 unspecified atom stereocenters. The van der Waals surface area contributed by atoms with Gasteiger partial charge in [0.1, 0.15) is 11.3 Å². The molecule has 1 saturated heterocycles. The first kappa shape index (κ1) is 11.5. The van der Waals surface area contributed by atoms with Crippen LogP contribution in [0.2, 0.25) is 0 Å². The maximum Gasteiger partial charge on any atom is 0.195 e. The molecule has 1 fully saturated rings. The molecule has 0 spiro atoms. The fourth-order valence-electron chi connectivity index (χ4n) is 2.28. The number of rotatable bonds is 2. The van der Waals surface area contributed by atoms with Crippen molar-refractivity contribution in [3.05, 3.63) is 23.8 Å². The Hall–Kier alpha value is -1.62. The standard InChI is InChI=1S/C13H16FN3O/c1-2-13-16-10-7-9(14)11(8-12(10)18-13)17-5-3-15-4-6-17/h7-8,15H,2-6H2,1H3. The van der Waals surface area contributed by atoms with Crippen molar-refractivity contribution in [1.29, 1.82) is 0 Å². The number of oxazole rings is 1. The van der Waals surface area contributed by atoms with Crippen molar-refractivity contribution in [2.45, 2.75) is 13.3 Å². The number of piperazine rings is 1. The molecule has 3 rings (SSSR count). The lowest BCUT2D eigenvalue weighted by molar-refractivity contribution is 0.536.